The van der Waals surface area contributed by atoms with E-state index in [1.807, 2.05) is 6.07 Å². The van der Waals surface area contributed by atoms with E-state index in [0.717, 1.165) is 0 Å². The number of aromatic carboxylic acids is 1. The van der Waals surface area contributed by atoms with E-state index in [4.69, 9.17) is 20.5 Å². The number of nitrogens with two attached hydrogens (primary N) is 1. The van der Waals surface area contributed by atoms with Gasteiger partial charge in [-0.2, -0.15) is 10.2 Å². The van der Waals surface area contributed by atoms with Crippen LogP contribution >= 0.6 is 0 Å². The van der Waals surface area contributed by atoms with Crippen molar-refractivity contribution in [1.29, 1.82) is 5.26 Å². The van der Waals surface area contributed by atoms with Gasteiger partial charge in [0.1, 0.15) is 18.0 Å². The van der Waals surface area contributed by atoms with Gasteiger partial charge in [-0.25, -0.2) is 9.78 Å². The highest BCUT2D eigenvalue weighted by molar-refractivity contribution is 5.95. The minimum Gasteiger partial charge on any atom is -0.477 e. The van der Waals surface area contributed by atoms with Crippen LogP contribution in [0, 0.1) is 11.3 Å². The van der Waals surface area contributed by atoms with Crippen molar-refractivity contribution in [3.8, 4) is 23.3 Å². The van der Waals surface area contributed by atoms with Gasteiger partial charge in [0.25, 0.3) is 0 Å². The predicted octanol–water partition coefficient (Wildman–Crippen LogP) is 0.824. The molecule has 0 bridgehead atoms. The first-order chi connectivity index (χ1) is 12.5. The number of aromatic nitrogens is 2. The number of ether oxygens (including phenoxy) is 2. The summed E-state index contributed by atoms with van der Waals surface area (Å²) >= 11 is 0. The SMILES string of the molecule is N#Cc1cccc(-c2nc(N)c(C(=O)O)c(O[C@H]3CCO[C@@H]3CO)n2)c1. The van der Waals surface area contributed by atoms with Gasteiger partial charge in [-0.1, -0.05) is 12.1 Å². The lowest BCUT2D eigenvalue weighted by atomic mass is 10.1. The Morgan fingerprint density at radius 3 is 2.96 bits per heavy atom. The number of hydrogen-bond acceptors (Lipinski definition) is 8. The number of nitrogens with zero attached hydrogens (tertiary/aromatic N) is 3. The Bertz CT molecular complexity index is 880. The number of aliphatic hydroxyl groups excluding tert-OH is 1. The molecule has 9 heteroatoms. The smallest absolute Gasteiger partial charge is 0.345 e. The fourth-order valence-electron chi connectivity index (χ4n) is 2.68. The van der Waals surface area contributed by atoms with Crippen molar-refractivity contribution >= 4 is 11.8 Å². The molecule has 0 amide bonds. The number of nitriles is 1. The Hall–Kier alpha value is -3.22. The lowest BCUT2D eigenvalue weighted by Gasteiger charge is -2.19. The summed E-state index contributed by atoms with van der Waals surface area (Å²) < 4.78 is 11.0. The first-order valence-electron chi connectivity index (χ1n) is 7.84. The third-order valence-corrected chi connectivity index (χ3v) is 3.96. The molecule has 9 nitrogen and oxygen atoms in total. The van der Waals surface area contributed by atoms with Crippen molar-refractivity contribution in [1.82, 2.24) is 9.97 Å². The Labute approximate surface area is 148 Å². The van der Waals surface area contributed by atoms with Crippen molar-refractivity contribution in [2.45, 2.75) is 18.6 Å². The number of carboxylic acids is 1. The zero-order valence-corrected chi connectivity index (χ0v) is 13.6. The fraction of sp³-hybridized carbons (Fsp3) is 0.294. The van der Waals surface area contributed by atoms with Gasteiger partial charge in [0, 0.05) is 12.0 Å². The summed E-state index contributed by atoms with van der Waals surface area (Å²) in [6.45, 7) is 0.126. The van der Waals surface area contributed by atoms with Crippen molar-refractivity contribution < 1.29 is 24.5 Å². The molecule has 134 valence electrons. The number of benzene rings is 1. The molecule has 0 saturated carbocycles. The molecule has 0 aliphatic carbocycles. The van der Waals surface area contributed by atoms with E-state index >= 15 is 0 Å². The van der Waals surface area contributed by atoms with E-state index in [1.54, 1.807) is 24.3 Å². The van der Waals surface area contributed by atoms with E-state index in [2.05, 4.69) is 9.97 Å². The molecule has 2 atom stereocenters. The summed E-state index contributed by atoms with van der Waals surface area (Å²) in [4.78, 5) is 19.8. The van der Waals surface area contributed by atoms with E-state index in [1.165, 1.54) is 0 Å². The minimum absolute atomic E-state index is 0.138. The Morgan fingerprint density at radius 2 is 2.27 bits per heavy atom. The molecule has 1 aromatic carbocycles. The predicted molar refractivity (Wildman–Crippen MR) is 89.4 cm³/mol. The molecular weight excluding hydrogens is 340 g/mol. The van der Waals surface area contributed by atoms with E-state index in [-0.39, 0.29) is 29.7 Å². The standard InChI is InChI=1S/C17H16N4O5/c18-7-9-2-1-3-10(6-9)15-20-14(19)13(17(23)24)16(21-15)26-11-4-5-25-12(11)8-22/h1-3,6,11-12,22H,4-5,8H2,(H,23,24)(H2,19,20,21)/t11-,12+/m0/s1. The van der Waals surface area contributed by atoms with Crippen molar-refractivity contribution in [2.75, 3.05) is 18.9 Å². The fourth-order valence-corrected chi connectivity index (χ4v) is 2.68. The zero-order chi connectivity index (χ0) is 18.7. The quantitative estimate of drug-likeness (QED) is 0.707. The molecule has 1 saturated heterocycles. The monoisotopic (exact) mass is 356 g/mol. The summed E-state index contributed by atoms with van der Waals surface area (Å²) in [5, 5.41) is 27.8. The van der Waals surface area contributed by atoms with Crippen LogP contribution in [-0.4, -0.2) is 51.6 Å². The number of aliphatic hydroxyl groups is 1. The summed E-state index contributed by atoms with van der Waals surface area (Å²) in [5.74, 6) is -1.64. The number of hydrogen-bond donors (Lipinski definition) is 3. The molecule has 3 rings (SSSR count). The van der Waals surface area contributed by atoms with Gasteiger partial charge in [0.15, 0.2) is 11.4 Å². The topological polar surface area (TPSA) is 152 Å². The second-order valence-electron chi connectivity index (χ2n) is 5.65. The summed E-state index contributed by atoms with van der Waals surface area (Å²) in [7, 11) is 0. The summed E-state index contributed by atoms with van der Waals surface area (Å²) in [6, 6.07) is 8.53. The van der Waals surface area contributed by atoms with Crippen LogP contribution < -0.4 is 10.5 Å². The van der Waals surface area contributed by atoms with Gasteiger partial charge in [-0.15, -0.1) is 0 Å². The molecule has 4 N–H and O–H groups in total. The van der Waals surface area contributed by atoms with Crippen LogP contribution in [0.15, 0.2) is 24.3 Å². The first kappa shape index (κ1) is 17.6. The highest BCUT2D eigenvalue weighted by Crippen LogP contribution is 2.29. The third-order valence-electron chi connectivity index (χ3n) is 3.96. The Balaban J connectivity index is 2.04. The lowest BCUT2D eigenvalue weighted by molar-refractivity contribution is 0.0110. The van der Waals surface area contributed by atoms with Crippen LogP contribution in [0.5, 0.6) is 5.88 Å². The number of carbonyl (C=O) groups is 1. The molecule has 0 radical (unpaired) electrons. The van der Waals surface area contributed by atoms with Crippen LogP contribution in [0.2, 0.25) is 0 Å². The van der Waals surface area contributed by atoms with Crippen molar-refractivity contribution in [3.63, 3.8) is 0 Å². The van der Waals surface area contributed by atoms with Gasteiger partial charge in [-0.3, -0.25) is 0 Å². The van der Waals surface area contributed by atoms with Crippen LogP contribution in [0.1, 0.15) is 22.3 Å². The summed E-state index contributed by atoms with van der Waals surface area (Å²) in [5.41, 5.74) is 6.36. The van der Waals surface area contributed by atoms with Gasteiger partial charge in [-0.05, 0) is 12.1 Å². The maximum Gasteiger partial charge on any atom is 0.345 e. The van der Waals surface area contributed by atoms with E-state index < -0.39 is 18.2 Å². The van der Waals surface area contributed by atoms with Gasteiger partial charge in [0.05, 0.1) is 24.8 Å². The molecule has 26 heavy (non-hydrogen) atoms. The number of rotatable bonds is 5. The molecule has 0 spiro atoms. The lowest BCUT2D eigenvalue weighted by Crippen LogP contribution is -2.31. The first-order valence-corrected chi connectivity index (χ1v) is 7.84. The third kappa shape index (κ3) is 3.42. The normalized spacial score (nSPS) is 19.1. The minimum atomic E-state index is -1.32. The zero-order valence-electron chi connectivity index (χ0n) is 13.6. The molecule has 1 aliphatic heterocycles. The molecule has 2 heterocycles. The van der Waals surface area contributed by atoms with Crippen molar-refractivity contribution in [3.05, 3.63) is 35.4 Å². The van der Waals surface area contributed by atoms with E-state index in [0.29, 0.717) is 24.2 Å². The maximum absolute atomic E-state index is 11.6. The molecule has 1 fully saturated rings. The van der Waals surface area contributed by atoms with E-state index in [9.17, 15) is 15.0 Å². The Morgan fingerprint density at radius 1 is 1.46 bits per heavy atom. The highest BCUT2D eigenvalue weighted by Gasteiger charge is 2.32. The van der Waals surface area contributed by atoms with Crippen LogP contribution in [0.4, 0.5) is 5.82 Å². The number of anilines is 1. The van der Waals surface area contributed by atoms with Gasteiger partial charge in [0.2, 0.25) is 5.88 Å². The molecular formula is C17H16N4O5. The molecule has 2 aromatic rings. The average molecular weight is 356 g/mol. The van der Waals surface area contributed by atoms with Crippen LogP contribution in [0.3, 0.4) is 0 Å². The maximum atomic E-state index is 11.6. The second-order valence-corrected chi connectivity index (χ2v) is 5.65. The molecule has 1 aromatic heterocycles. The number of nitrogen functional groups attached to an aromatic ring is 1. The largest absolute Gasteiger partial charge is 0.477 e. The number of carboxylic acid groups (broad SMARTS) is 1. The Kier molecular flexibility index (Phi) is 4.97. The second kappa shape index (κ2) is 7.35. The van der Waals surface area contributed by atoms with Crippen LogP contribution in [0.25, 0.3) is 11.4 Å². The van der Waals surface area contributed by atoms with Gasteiger partial charge >= 0.3 is 5.97 Å². The van der Waals surface area contributed by atoms with Crippen molar-refractivity contribution in [2.24, 2.45) is 0 Å². The van der Waals surface area contributed by atoms with Crippen LogP contribution in [-0.2, 0) is 4.74 Å². The highest BCUT2D eigenvalue weighted by atomic mass is 16.6. The molecule has 1 aliphatic rings. The van der Waals surface area contributed by atoms with Gasteiger partial charge < -0.3 is 25.4 Å². The average Bonchev–Trinajstić information content (AvgIpc) is 3.08. The molecule has 0 unspecified atom stereocenters. The summed E-state index contributed by atoms with van der Waals surface area (Å²) in [6.07, 6.45) is -0.642.